The highest BCUT2D eigenvalue weighted by molar-refractivity contribution is 5.95. The first-order valence-corrected chi connectivity index (χ1v) is 15.0. The lowest BCUT2D eigenvalue weighted by Crippen LogP contribution is -2.37. The Hall–Kier alpha value is -5.78. The second kappa shape index (κ2) is 15.5. The molecule has 4 N–H and O–H groups in total. The third kappa shape index (κ3) is 11.0. The fourth-order valence-electron chi connectivity index (χ4n) is 4.38. The highest BCUT2D eigenvalue weighted by Gasteiger charge is 2.17. The first-order chi connectivity index (χ1) is 22.3. The summed E-state index contributed by atoms with van der Waals surface area (Å²) in [4.78, 5) is 59.1. The number of benzene rings is 2. The lowest BCUT2D eigenvalue weighted by atomic mass is 10.1. The van der Waals surface area contributed by atoms with Crippen molar-refractivity contribution in [2.24, 2.45) is 0 Å². The summed E-state index contributed by atoms with van der Waals surface area (Å²) in [7, 11) is 3.44. The van der Waals surface area contributed by atoms with E-state index in [1.165, 1.54) is 4.90 Å². The Bertz CT molecular complexity index is 1720. The Kier molecular flexibility index (Phi) is 11.2. The van der Waals surface area contributed by atoms with Gasteiger partial charge in [0, 0.05) is 43.5 Å². The zero-order valence-corrected chi connectivity index (χ0v) is 27.1. The van der Waals surface area contributed by atoms with Crippen LogP contribution in [0.4, 0.5) is 27.7 Å². The molecule has 12 nitrogen and oxygen atoms in total. The van der Waals surface area contributed by atoms with E-state index in [9.17, 15) is 19.2 Å². The molecule has 0 aliphatic heterocycles. The van der Waals surface area contributed by atoms with E-state index in [1.807, 2.05) is 30.3 Å². The largest absolute Gasteiger partial charge is 0.444 e. The van der Waals surface area contributed by atoms with Gasteiger partial charge < -0.3 is 30.9 Å². The Labute approximate surface area is 274 Å². The number of hydrogen-bond acceptors (Lipinski definition) is 8. The standard InChI is InChI=1S/C35H39N7O5/c1-35(2,3)47-34(46)38-22-32(44)40-27-8-6-7-23(17-27)9-16-31(43)41-29-18-28(20-36-21-29)39-30-15-14-26(19-37-30)24-10-12-25(13-11-24)33(45)42(4)5/h6-8,10-15,17-21H,9,16,22H2,1-5H3,(H,37,39)(H,38,46)(H,40,44)(H,41,43). The SMILES string of the molecule is CN(C)C(=O)c1ccc(-c2ccc(Nc3cncc(NC(=O)CCc4cccc(NC(=O)CNC(=O)OC(C)(C)C)c4)c3)nc2)cc1. The van der Waals surface area contributed by atoms with Gasteiger partial charge in [0.05, 0.1) is 23.8 Å². The van der Waals surface area contributed by atoms with Gasteiger partial charge >= 0.3 is 6.09 Å². The van der Waals surface area contributed by atoms with Crippen LogP contribution in [0.25, 0.3) is 11.1 Å². The van der Waals surface area contributed by atoms with E-state index in [0.29, 0.717) is 34.9 Å². The van der Waals surface area contributed by atoms with Crippen LogP contribution in [-0.2, 0) is 20.7 Å². The number of nitrogens with zero attached hydrogens (tertiary/aromatic N) is 3. The fraction of sp³-hybridized carbons (Fsp3) is 0.257. The zero-order chi connectivity index (χ0) is 34.0. The Balaban J connectivity index is 1.25. The molecular weight excluding hydrogens is 598 g/mol. The second-order valence-electron chi connectivity index (χ2n) is 11.9. The summed E-state index contributed by atoms with van der Waals surface area (Å²) >= 11 is 0. The molecular formula is C35H39N7O5. The third-order valence-electron chi connectivity index (χ3n) is 6.57. The molecule has 12 heteroatoms. The van der Waals surface area contributed by atoms with Crippen LogP contribution in [0.5, 0.6) is 0 Å². The number of aryl methyl sites for hydroxylation is 1. The van der Waals surface area contributed by atoms with E-state index in [4.69, 9.17) is 4.74 Å². The highest BCUT2D eigenvalue weighted by atomic mass is 16.6. The quantitative estimate of drug-likeness (QED) is 0.165. The predicted octanol–water partition coefficient (Wildman–Crippen LogP) is 5.62. The summed E-state index contributed by atoms with van der Waals surface area (Å²) in [6.45, 7) is 4.98. The van der Waals surface area contributed by atoms with Gasteiger partial charge in [0.15, 0.2) is 0 Å². The average molecular weight is 638 g/mol. The van der Waals surface area contributed by atoms with Gasteiger partial charge in [-0.05, 0) is 80.8 Å². The van der Waals surface area contributed by atoms with Crippen molar-refractivity contribution >= 4 is 46.7 Å². The van der Waals surface area contributed by atoms with Crippen molar-refractivity contribution in [3.8, 4) is 11.1 Å². The van der Waals surface area contributed by atoms with Gasteiger partial charge in [-0.2, -0.15) is 0 Å². The van der Waals surface area contributed by atoms with Crippen LogP contribution in [-0.4, -0.2) is 64.9 Å². The summed E-state index contributed by atoms with van der Waals surface area (Å²) in [5.41, 5.74) is 4.40. The van der Waals surface area contributed by atoms with Gasteiger partial charge in [-0.1, -0.05) is 24.3 Å². The number of anilines is 4. The van der Waals surface area contributed by atoms with Crippen LogP contribution in [0.1, 0.15) is 43.1 Å². The second-order valence-corrected chi connectivity index (χ2v) is 11.9. The molecule has 47 heavy (non-hydrogen) atoms. The number of pyridine rings is 2. The molecule has 4 amide bonds. The topological polar surface area (TPSA) is 155 Å². The number of ether oxygens (including phenoxy) is 1. The van der Waals surface area contributed by atoms with Crippen LogP contribution in [0.3, 0.4) is 0 Å². The molecule has 0 spiro atoms. The van der Waals surface area contributed by atoms with Crippen molar-refractivity contribution in [3.05, 3.63) is 96.4 Å². The summed E-state index contributed by atoms with van der Waals surface area (Å²) in [5, 5.41) is 11.2. The van der Waals surface area contributed by atoms with Crippen LogP contribution >= 0.6 is 0 Å². The van der Waals surface area contributed by atoms with Crippen molar-refractivity contribution in [2.45, 2.75) is 39.2 Å². The van der Waals surface area contributed by atoms with Crippen LogP contribution in [0.15, 0.2) is 85.3 Å². The van der Waals surface area contributed by atoms with E-state index in [2.05, 4.69) is 31.2 Å². The molecule has 0 unspecified atom stereocenters. The lowest BCUT2D eigenvalue weighted by molar-refractivity contribution is -0.116. The number of carbonyl (C=O) groups excluding carboxylic acids is 4. The van der Waals surface area contributed by atoms with Gasteiger partial charge in [0.2, 0.25) is 11.8 Å². The van der Waals surface area contributed by atoms with Gasteiger partial charge in [-0.25, -0.2) is 9.78 Å². The number of alkyl carbamates (subject to hydrolysis) is 1. The molecule has 0 aliphatic rings. The minimum atomic E-state index is -0.673. The van der Waals surface area contributed by atoms with Gasteiger partial charge in [0.1, 0.15) is 18.0 Å². The number of nitrogens with one attached hydrogen (secondary N) is 4. The lowest BCUT2D eigenvalue weighted by Gasteiger charge is -2.19. The smallest absolute Gasteiger partial charge is 0.408 e. The first kappa shape index (κ1) is 34.1. The molecule has 2 aromatic heterocycles. The van der Waals surface area contributed by atoms with Crippen molar-refractivity contribution < 1.29 is 23.9 Å². The first-order valence-electron chi connectivity index (χ1n) is 15.0. The monoisotopic (exact) mass is 637 g/mol. The zero-order valence-electron chi connectivity index (χ0n) is 27.1. The predicted molar refractivity (Wildman–Crippen MR) is 181 cm³/mol. The minimum absolute atomic E-state index is 0.0537. The number of carbonyl (C=O) groups is 4. The Morgan fingerprint density at radius 2 is 1.49 bits per heavy atom. The molecule has 4 aromatic rings. The van der Waals surface area contributed by atoms with Crippen molar-refractivity contribution in [1.82, 2.24) is 20.2 Å². The minimum Gasteiger partial charge on any atom is -0.444 e. The number of hydrogen-bond donors (Lipinski definition) is 4. The number of aromatic nitrogens is 2. The maximum atomic E-state index is 12.7. The molecule has 0 saturated carbocycles. The highest BCUT2D eigenvalue weighted by Crippen LogP contribution is 2.23. The van der Waals surface area contributed by atoms with Crippen molar-refractivity contribution in [3.63, 3.8) is 0 Å². The maximum absolute atomic E-state index is 12.7. The van der Waals surface area contributed by atoms with E-state index >= 15 is 0 Å². The van der Waals surface area contributed by atoms with Crippen LogP contribution < -0.4 is 21.3 Å². The van der Waals surface area contributed by atoms with Gasteiger partial charge in [-0.15, -0.1) is 0 Å². The molecule has 2 aromatic carbocycles. The normalized spacial score (nSPS) is 10.8. The number of rotatable bonds is 11. The maximum Gasteiger partial charge on any atom is 0.408 e. The molecule has 0 saturated heterocycles. The van der Waals surface area contributed by atoms with E-state index < -0.39 is 17.6 Å². The van der Waals surface area contributed by atoms with Crippen molar-refractivity contribution in [2.75, 3.05) is 36.6 Å². The van der Waals surface area contributed by atoms with Crippen LogP contribution in [0.2, 0.25) is 0 Å². The summed E-state index contributed by atoms with van der Waals surface area (Å²) in [5.74, 6) is -0.0455. The van der Waals surface area contributed by atoms with E-state index in [1.54, 1.807) is 89.9 Å². The molecule has 0 bridgehead atoms. The molecule has 4 rings (SSSR count). The molecule has 0 radical (unpaired) electrons. The molecule has 0 atom stereocenters. The summed E-state index contributed by atoms with van der Waals surface area (Å²) < 4.78 is 5.13. The molecule has 244 valence electrons. The number of amides is 4. The summed E-state index contributed by atoms with van der Waals surface area (Å²) in [6.07, 6.45) is 4.92. The van der Waals surface area contributed by atoms with Crippen LogP contribution in [0, 0.1) is 0 Å². The van der Waals surface area contributed by atoms with E-state index in [0.717, 1.165) is 16.7 Å². The molecule has 0 aliphatic carbocycles. The van der Waals surface area contributed by atoms with Gasteiger partial charge in [0.25, 0.3) is 5.91 Å². The van der Waals surface area contributed by atoms with E-state index in [-0.39, 0.29) is 24.8 Å². The molecule has 2 heterocycles. The van der Waals surface area contributed by atoms with Crippen molar-refractivity contribution in [1.29, 1.82) is 0 Å². The Morgan fingerprint density at radius 1 is 0.787 bits per heavy atom. The fourth-order valence-corrected chi connectivity index (χ4v) is 4.38. The van der Waals surface area contributed by atoms with Gasteiger partial charge in [-0.3, -0.25) is 19.4 Å². The average Bonchev–Trinajstić information content (AvgIpc) is 3.02. The third-order valence-corrected chi connectivity index (χ3v) is 6.57. The summed E-state index contributed by atoms with van der Waals surface area (Å²) in [6, 6.07) is 20.1. The Morgan fingerprint density at radius 3 is 2.17 bits per heavy atom. The molecule has 0 fully saturated rings.